The van der Waals surface area contributed by atoms with Crippen molar-refractivity contribution < 1.29 is 4.39 Å². The van der Waals surface area contributed by atoms with Crippen LogP contribution in [0.25, 0.3) is 0 Å². The smallest absolute Gasteiger partial charge is 0.127 e. The summed E-state index contributed by atoms with van der Waals surface area (Å²) in [5.41, 5.74) is 2.01. The molecule has 19 heavy (non-hydrogen) atoms. The van der Waals surface area contributed by atoms with Crippen molar-refractivity contribution in [2.24, 2.45) is 0 Å². The molecule has 0 atom stereocenters. The van der Waals surface area contributed by atoms with Crippen molar-refractivity contribution in [1.82, 2.24) is 10.2 Å². The predicted octanol–water partition coefficient (Wildman–Crippen LogP) is 2.99. The Kier molecular flexibility index (Phi) is 6.76. The summed E-state index contributed by atoms with van der Waals surface area (Å²) in [5, 5.41) is 3.37. The molecule has 0 amide bonds. The van der Waals surface area contributed by atoms with Crippen molar-refractivity contribution in [2.45, 2.75) is 38.8 Å². The molecule has 0 radical (unpaired) electrons. The summed E-state index contributed by atoms with van der Waals surface area (Å²) in [6.07, 6.45) is 3.21. The molecule has 0 aromatic heterocycles. The van der Waals surface area contributed by atoms with E-state index in [0.717, 1.165) is 50.0 Å². The van der Waals surface area contributed by atoms with Crippen LogP contribution in [0.2, 0.25) is 0 Å². The fourth-order valence-electron chi connectivity index (χ4n) is 2.74. The molecule has 0 spiro atoms. The lowest BCUT2D eigenvalue weighted by Gasteiger charge is -2.32. The Morgan fingerprint density at radius 2 is 2.00 bits per heavy atom. The number of hydrogen-bond donors (Lipinski definition) is 1. The minimum absolute atomic E-state index is 0. The molecule has 0 aliphatic carbocycles. The average molecular weight is 287 g/mol. The maximum absolute atomic E-state index is 13.9. The Morgan fingerprint density at radius 3 is 2.63 bits per heavy atom. The van der Waals surface area contributed by atoms with Crippen LogP contribution in [0.3, 0.4) is 0 Å². The predicted molar refractivity (Wildman–Crippen MR) is 80.4 cm³/mol. The highest BCUT2D eigenvalue weighted by Gasteiger charge is 2.19. The van der Waals surface area contributed by atoms with Crippen molar-refractivity contribution in [3.8, 4) is 0 Å². The summed E-state index contributed by atoms with van der Waals surface area (Å²) in [6, 6.07) is 6.00. The van der Waals surface area contributed by atoms with Gasteiger partial charge in [-0.05, 0) is 51.0 Å². The van der Waals surface area contributed by atoms with Crippen LogP contribution in [-0.2, 0) is 13.0 Å². The zero-order valence-electron chi connectivity index (χ0n) is 11.8. The lowest BCUT2D eigenvalue weighted by atomic mass is 10.0. The molecule has 4 heteroatoms. The number of benzene rings is 1. The fourth-order valence-corrected chi connectivity index (χ4v) is 2.74. The van der Waals surface area contributed by atoms with Crippen molar-refractivity contribution in [3.05, 3.63) is 35.1 Å². The molecular formula is C15H24ClFN2. The first-order valence-corrected chi connectivity index (χ1v) is 6.89. The Morgan fingerprint density at radius 1 is 1.32 bits per heavy atom. The lowest BCUT2D eigenvalue weighted by Crippen LogP contribution is -2.41. The minimum atomic E-state index is -0.0601. The second-order valence-electron chi connectivity index (χ2n) is 5.13. The molecule has 1 heterocycles. The van der Waals surface area contributed by atoms with E-state index in [2.05, 4.69) is 24.2 Å². The molecular weight excluding hydrogens is 263 g/mol. The first-order valence-electron chi connectivity index (χ1n) is 6.89. The van der Waals surface area contributed by atoms with Crippen molar-refractivity contribution in [1.29, 1.82) is 0 Å². The molecule has 1 aliphatic heterocycles. The number of aryl methyl sites for hydroxylation is 1. The normalized spacial score (nSPS) is 16.4. The quantitative estimate of drug-likeness (QED) is 0.915. The standard InChI is InChI=1S/C15H23FN2.ClH/c1-3-12-5-4-6-15(16)14(12)11-18(2)13-7-9-17-10-8-13;/h4-6,13,17H,3,7-11H2,1-2H3;1H. The van der Waals surface area contributed by atoms with Crippen molar-refractivity contribution in [2.75, 3.05) is 20.1 Å². The Balaban J connectivity index is 0.00000180. The van der Waals surface area contributed by atoms with Gasteiger partial charge in [-0.15, -0.1) is 12.4 Å². The number of hydrogen-bond acceptors (Lipinski definition) is 2. The molecule has 1 aliphatic rings. The van der Waals surface area contributed by atoms with E-state index in [0.29, 0.717) is 6.04 Å². The number of nitrogens with one attached hydrogen (secondary N) is 1. The monoisotopic (exact) mass is 286 g/mol. The number of nitrogens with zero attached hydrogens (tertiary/aromatic N) is 1. The molecule has 0 bridgehead atoms. The second kappa shape index (κ2) is 7.83. The highest BCUT2D eigenvalue weighted by molar-refractivity contribution is 5.85. The third-order valence-corrected chi connectivity index (χ3v) is 3.94. The third kappa shape index (κ3) is 4.16. The summed E-state index contributed by atoms with van der Waals surface area (Å²) >= 11 is 0. The van der Waals surface area contributed by atoms with E-state index in [-0.39, 0.29) is 18.2 Å². The van der Waals surface area contributed by atoms with Crippen LogP contribution in [0.4, 0.5) is 4.39 Å². The van der Waals surface area contributed by atoms with Gasteiger partial charge in [-0.1, -0.05) is 19.1 Å². The van der Waals surface area contributed by atoms with Gasteiger partial charge in [0.1, 0.15) is 5.82 Å². The largest absolute Gasteiger partial charge is 0.317 e. The van der Waals surface area contributed by atoms with Gasteiger partial charge in [0.25, 0.3) is 0 Å². The Hall–Kier alpha value is -0.640. The van der Waals surface area contributed by atoms with Gasteiger partial charge in [0.15, 0.2) is 0 Å². The van der Waals surface area contributed by atoms with E-state index in [9.17, 15) is 4.39 Å². The SMILES string of the molecule is CCc1cccc(F)c1CN(C)C1CCNCC1.Cl. The number of rotatable bonds is 4. The van der Waals surface area contributed by atoms with E-state index in [4.69, 9.17) is 0 Å². The molecule has 1 aromatic carbocycles. The molecule has 0 unspecified atom stereocenters. The van der Waals surface area contributed by atoms with Gasteiger partial charge >= 0.3 is 0 Å². The number of halogens is 2. The van der Waals surface area contributed by atoms with Crippen molar-refractivity contribution >= 4 is 12.4 Å². The van der Waals surface area contributed by atoms with E-state index in [1.807, 2.05) is 12.1 Å². The molecule has 2 rings (SSSR count). The Bertz CT molecular complexity index is 392. The van der Waals surface area contributed by atoms with Crippen LogP contribution in [0, 0.1) is 5.82 Å². The van der Waals surface area contributed by atoms with E-state index >= 15 is 0 Å². The highest BCUT2D eigenvalue weighted by Crippen LogP contribution is 2.19. The second-order valence-corrected chi connectivity index (χ2v) is 5.13. The molecule has 2 nitrogen and oxygen atoms in total. The molecule has 1 N–H and O–H groups in total. The van der Waals surface area contributed by atoms with Gasteiger partial charge < -0.3 is 5.32 Å². The van der Waals surface area contributed by atoms with Crippen LogP contribution in [0.5, 0.6) is 0 Å². The van der Waals surface area contributed by atoms with Gasteiger partial charge in [-0.2, -0.15) is 0 Å². The minimum Gasteiger partial charge on any atom is -0.317 e. The van der Waals surface area contributed by atoms with Crippen LogP contribution in [-0.4, -0.2) is 31.1 Å². The first-order chi connectivity index (χ1) is 8.72. The topological polar surface area (TPSA) is 15.3 Å². The molecule has 1 fully saturated rings. The van der Waals surface area contributed by atoms with Gasteiger partial charge in [0.2, 0.25) is 0 Å². The summed E-state index contributed by atoms with van der Waals surface area (Å²) < 4.78 is 13.9. The zero-order chi connectivity index (χ0) is 13.0. The first kappa shape index (κ1) is 16.4. The highest BCUT2D eigenvalue weighted by atomic mass is 35.5. The van der Waals surface area contributed by atoms with Gasteiger partial charge in [-0.25, -0.2) is 4.39 Å². The average Bonchev–Trinajstić information content (AvgIpc) is 2.42. The zero-order valence-corrected chi connectivity index (χ0v) is 12.6. The summed E-state index contributed by atoms with van der Waals surface area (Å²) in [6.45, 7) is 4.96. The van der Waals surface area contributed by atoms with Gasteiger partial charge in [0.05, 0.1) is 0 Å². The molecule has 1 aromatic rings. The van der Waals surface area contributed by atoms with Crippen molar-refractivity contribution in [3.63, 3.8) is 0 Å². The van der Waals surface area contributed by atoms with Crippen LogP contribution in [0.1, 0.15) is 30.9 Å². The van der Waals surface area contributed by atoms with E-state index < -0.39 is 0 Å². The number of piperidine rings is 1. The van der Waals surface area contributed by atoms with Crippen LogP contribution in [0.15, 0.2) is 18.2 Å². The lowest BCUT2D eigenvalue weighted by molar-refractivity contribution is 0.189. The van der Waals surface area contributed by atoms with E-state index in [1.165, 1.54) is 0 Å². The van der Waals surface area contributed by atoms with E-state index in [1.54, 1.807) is 6.07 Å². The van der Waals surface area contributed by atoms with Gasteiger partial charge in [-0.3, -0.25) is 4.90 Å². The molecule has 1 saturated heterocycles. The van der Waals surface area contributed by atoms with Crippen LogP contribution >= 0.6 is 12.4 Å². The fraction of sp³-hybridized carbons (Fsp3) is 0.600. The maximum atomic E-state index is 13.9. The maximum Gasteiger partial charge on any atom is 0.127 e. The molecule has 0 saturated carbocycles. The third-order valence-electron chi connectivity index (χ3n) is 3.94. The summed E-state index contributed by atoms with van der Waals surface area (Å²) in [5.74, 6) is -0.0601. The van der Waals surface area contributed by atoms with Gasteiger partial charge in [0, 0.05) is 18.2 Å². The Labute approximate surface area is 121 Å². The summed E-state index contributed by atoms with van der Waals surface area (Å²) in [7, 11) is 2.11. The summed E-state index contributed by atoms with van der Waals surface area (Å²) in [4.78, 5) is 2.30. The van der Waals surface area contributed by atoms with Crippen LogP contribution < -0.4 is 5.32 Å². The molecule has 108 valence electrons.